The lowest BCUT2D eigenvalue weighted by Gasteiger charge is -2.44. The molecule has 3 aliphatic rings. The van der Waals surface area contributed by atoms with Crippen molar-refractivity contribution in [3.05, 3.63) is 63.1 Å². The van der Waals surface area contributed by atoms with Gasteiger partial charge in [-0.3, -0.25) is 5.41 Å². The Morgan fingerprint density at radius 1 is 1.29 bits per heavy atom. The fraction of sp³-hybridized carbons (Fsp3) is 0.375. The van der Waals surface area contributed by atoms with Gasteiger partial charge in [0.15, 0.2) is 5.84 Å². The molecule has 0 saturated carbocycles. The van der Waals surface area contributed by atoms with Gasteiger partial charge in [-0.25, -0.2) is 14.4 Å². The summed E-state index contributed by atoms with van der Waals surface area (Å²) in [5.74, 6) is 0.335. The SMILES string of the molecule is C[C@H]1C(N2CCC3(CC2)Cc2ccc(F)cc2C3N)=NC(=N)C(Sc2ccnc(N)c2Cl)=C1O. The molecule has 178 valence electrons. The van der Waals surface area contributed by atoms with Crippen molar-refractivity contribution in [1.29, 1.82) is 5.41 Å². The number of rotatable bonds is 2. The number of aliphatic hydroxyl groups excluding tert-OH is 1. The van der Waals surface area contributed by atoms with Gasteiger partial charge in [0.1, 0.15) is 23.2 Å². The summed E-state index contributed by atoms with van der Waals surface area (Å²) in [5.41, 5.74) is 14.3. The molecule has 0 amide bonds. The number of aliphatic hydroxyl groups is 1. The molecule has 3 heterocycles. The van der Waals surface area contributed by atoms with Crippen molar-refractivity contribution >= 4 is 40.9 Å². The third-order valence-corrected chi connectivity index (χ3v) is 8.97. The number of nitrogens with zero attached hydrogens (tertiary/aromatic N) is 3. The number of nitrogen functional groups attached to an aromatic ring is 1. The Morgan fingerprint density at radius 3 is 2.76 bits per heavy atom. The van der Waals surface area contributed by atoms with Crippen LogP contribution in [-0.2, 0) is 6.42 Å². The lowest BCUT2D eigenvalue weighted by molar-refractivity contribution is 0.124. The Hall–Kier alpha value is -2.62. The van der Waals surface area contributed by atoms with Crippen LogP contribution >= 0.6 is 23.4 Å². The van der Waals surface area contributed by atoms with Gasteiger partial charge >= 0.3 is 0 Å². The molecular weight excluding hydrogens is 475 g/mol. The number of dihydropyridines is 1. The van der Waals surface area contributed by atoms with Crippen LogP contribution in [-0.4, -0.2) is 39.8 Å². The maximum Gasteiger partial charge on any atom is 0.164 e. The Bertz CT molecular complexity index is 1240. The lowest BCUT2D eigenvalue weighted by atomic mass is 9.73. The fourth-order valence-corrected chi connectivity index (χ4v) is 6.48. The zero-order valence-electron chi connectivity index (χ0n) is 18.7. The molecule has 34 heavy (non-hydrogen) atoms. The van der Waals surface area contributed by atoms with E-state index in [1.807, 2.05) is 13.0 Å². The van der Waals surface area contributed by atoms with Gasteiger partial charge < -0.3 is 21.5 Å². The Balaban J connectivity index is 1.31. The first-order valence-corrected chi connectivity index (χ1v) is 12.4. The van der Waals surface area contributed by atoms with Gasteiger partial charge in [-0.15, -0.1) is 0 Å². The van der Waals surface area contributed by atoms with E-state index in [0.717, 1.165) is 42.2 Å². The molecule has 1 aromatic heterocycles. The van der Waals surface area contributed by atoms with Crippen LogP contribution in [0.5, 0.6) is 0 Å². The number of thioether (sulfide) groups is 1. The number of aliphatic imine (C=N–C) groups is 1. The van der Waals surface area contributed by atoms with E-state index in [2.05, 4.69) is 14.9 Å². The van der Waals surface area contributed by atoms with E-state index in [4.69, 9.17) is 28.5 Å². The monoisotopic (exact) mass is 500 g/mol. The van der Waals surface area contributed by atoms with Crippen LogP contribution in [0.15, 0.2) is 51.0 Å². The van der Waals surface area contributed by atoms with E-state index < -0.39 is 0 Å². The molecule has 1 aliphatic carbocycles. The highest BCUT2D eigenvalue weighted by Crippen LogP contribution is 2.51. The molecule has 1 saturated heterocycles. The van der Waals surface area contributed by atoms with Crippen LogP contribution in [0.4, 0.5) is 10.2 Å². The topological polar surface area (TPSA) is 125 Å². The van der Waals surface area contributed by atoms with E-state index in [0.29, 0.717) is 28.7 Å². The highest BCUT2D eigenvalue weighted by molar-refractivity contribution is 8.04. The van der Waals surface area contributed by atoms with Gasteiger partial charge in [0.05, 0.1) is 15.8 Å². The zero-order valence-corrected chi connectivity index (χ0v) is 20.3. The highest BCUT2D eigenvalue weighted by Gasteiger charge is 2.47. The van der Waals surface area contributed by atoms with E-state index >= 15 is 0 Å². The number of anilines is 1. The van der Waals surface area contributed by atoms with Crippen LogP contribution in [0.2, 0.25) is 5.02 Å². The molecule has 10 heteroatoms. The third kappa shape index (κ3) is 3.76. The van der Waals surface area contributed by atoms with Crippen LogP contribution in [0.25, 0.3) is 0 Å². The summed E-state index contributed by atoms with van der Waals surface area (Å²) in [6.45, 7) is 3.31. The number of nitrogens with two attached hydrogens (primary N) is 2. The van der Waals surface area contributed by atoms with E-state index in [9.17, 15) is 9.50 Å². The van der Waals surface area contributed by atoms with Crippen LogP contribution in [0, 0.1) is 22.6 Å². The van der Waals surface area contributed by atoms with Gasteiger partial charge in [0.2, 0.25) is 0 Å². The maximum absolute atomic E-state index is 13.8. The number of hydrogen-bond donors (Lipinski definition) is 4. The minimum Gasteiger partial charge on any atom is -0.510 e. The van der Waals surface area contributed by atoms with Crippen molar-refractivity contribution in [2.45, 2.75) is 37.1 Å². The fourth-order valence-electron chi connectivity index (χ4n) is 5.28. The first-order chi connectivity index (χ1) is 16.2. The van der Waals surface area contributed by atoms with Crippen molar-refractivity contribution in [3.63, 3.8) is 0 Å². The number of benzene rings is 1. The second-order valence-corrected chi connectivity index (χ2v) is 10.6. The third-order valence-electron chi connectivity index (χ3n) is 7.29. The number of halogens is 2. The molecule has 5 rings (SSSR count). The quantitative estimate of drug-likeness (QED) is 0.474. The molecule has 1 aromatic carbocycles. The number of piperidine rings is 1. The summed E-state index contributed by atoms with van der Waals surface area (Å²) in [7, 11) is 0. The maximum atomic E-state index is 13.8. The smallest absolute Gasteiger partial charge is 0.164 e. The molecule has 2 atom stereocenters. The second kappa shape index (κ2) is 8.55. The van der Waals surface area contributed by atoms with Gasteiger partial charge in [-0.05, 0) is 60.9 Å². The van der Waals surface area contributed by atoms with Crippen molar-refractivity contribution in [2.24, 2.45) is 22.1 Å². The number of nitrogens with one attached hydrogen (secondary N) is 1. The number of fused-ring (bicyclic) bond motifs is 1. The number of likely N-dealkylation sites (tertiary alicyclic amines) is 1. The first kappa shape index (κ1) is 23.1. The molecule has 6 N–H and O–H groups in total. The standard InChI is InChI=1S/C24H26ClFN6OS/c1-12-18(33)19(34-16-4-7-30-21(28)17(16)25)22(29)31-23(12)32-8-5-24(6-9-32)11-13-2-3-14(26)10-15(13)20(24)27/h2-4,7,10,12,20,29,33H,5-6,8-9,11,27H2,1H3,(H2,28,30)/t12-,20?/m1/s1. The summed E-state index contributed by atoms with van der Waals surface area (Å²) < 4.78 is 13.8. The van der Waals surface area contributed by atoms with Gasteiger partial charge in [0, 0.05) is 30.2 Å². The summed E-state index contributed by atoms with van der Waals surface area (Å²) in [4.78, 5) is 11.6. The average Bonchev–Trinajstić information content (AvgIpc) is 3.08. The lowest BCUT2D eigenvalue weighted by Crippen LogP contribution is -2.49. The highest BCUT2D eigenvalue weighted by atomic mass is 35.5. The summed E-state index contributed by atoms with van der Waals surface area (Å²) in [6.07, 6.45) is 4.05. The second-order valence-electron chi connectivity index (χ2n) is 9.21. The number of aromatic nitrogens is 1. The number of amidine groups is 2. The molecular formula is C24H26ClFN6OS. The largest absolute Gasteiger partial charge is 0.510 e. The molecule has 1 fully saturated rings. The van der Waals surface area contributed by atoms with Crippen molar-refractivity contribution in [1.82, 2.24) is 9.88 Å². The van der Waals surface area contributed by atoms with Crippen LogP contribution in [0.1, 0.15) is 36.9 Å². The normalized spacial score (nSPS) is 23.9. The molecule has 1 spiro atoms. The molecule has 0 bridgehead atoms. The number of pyridine rings is 1. The van der Waals surface area contributed by atoms with Crippen molar-refractivity contribution in [2.75, 3.05) is 18.8 Å². The minimum absolute atomic E-state index is 0.0113. The summed E-state index contributed by atoms with van der Waals surface area (Å²) in [5, 5.41) is 19.8. The van der Waals surface area contributed by atoms with Crippen LogP contribution < -0.4 is 11.5 Å². The van der Waals surface area contributed by atoms with Gasteiger partial charge in [0.25, 0.3) is 0 Å². The molecule has 0 radical (unpaired) electrons. The average molecular weight is 501 g/mol. The van der Waals surface area contributed by atoms with Gasteiger partial charge in [-0.2, -0.15) is 0 Å². The zero-order chi connectivity index (χ0) is 24.2. The predicted octanol–water partition coefficient (Wildman–Crippen LogP) is 4.68. The molecule has 7 nitrogen and oxygen atoms in total. The van der Waals surface area contributed by atoms with E-state index in [1.54, 1.807) is 12.1 Å². The van der Waals surface area contributed by atoms with Crippen molar-refractivity contribution in [3.8, 4) is 0 Å². The van der Waals surface area contributed by atoms with Gasteiger partial charge in [-0.1, -0.05) is 29.4 Å². The summed E-state index contributed by atoms with van der Waals surface area (Å²) in [6, 6.07) is 6.42. The Morgan fingerprint density at radius 2 is 2.03 bits per heavy atom. The molecule has 2 aromatic rings. The molecule has 1 unspecified atom stereocenters. The van der Waals surface area contributed by atoms with Crippen LogP contribution in [0.3, 0.4) is 0 Å². The number of hydrogen-bond acceptors (Lipinski definition) is 7. The Labute approximate surface area is 206 Å². The molecule has 2 aliphatic heterocycles. The predicted molar refractivity (Wildman–Crippen MR) is 134 cm³/mol. The van der Waals surface area contributed by atoms with E-state index in [1.165, 1.54) is 12.3 Å². The Kier molecular flexibility index (Phi) is 5.82. The first-order valence-electron chi connectivity index (χ1n) is 11.2. The van der Waals surface area contributed by atoms with E-state index in [-0.39, 0.29) is 45.6 Å². The minimum atomic E-state index is -0.368. The summed E-state index contributed by atoms with van der Waals surface area (Å²) >= 11 is 7.41. The van der Waals surface area contributed by atoms with Crippen molar-refractivity contribution < 1.29 is 9.50 Å².